The summed E-state index contributed by atoms with van der Waals surface area (Å²) in [6.45, 7) is 1.13. The number of carbonyl (C=O) groups is 1. The van der Waals surface area contributed by atoms with E-state index in [4.69, 9.17) is 9.84 Å². The van der Waals surface area contributed by atoms with Crippen LogP contribution >= 0.6 is 12.4 Å². The zero-order chi connectivity index (χ0) is 19.3. The summed E-state index contributed by atoms with van der Waals surface area (Å²) in [7, 11) is -3.67. The van der Waals surface area contributed by atoms with Gasteiger partial charge in [-0.3, -0.25) is 19.8 Å². The third kappa shape index (κ3) is 7.39. The molecule has 1 N–H and O–H groups in total. The Kier molecular flexibility index (Phi) is 8.57. The van der Waals surface area contributed by atoms with Crippen LogP contribution in [0.1, 0.15) is 5.56 Å². The van der Waals surface area contributed by atoms with E-state index in [1.165, 1.54) is 12.1 Å². The number of benzene rings is 1. The molecule has 0 saturated carbocycles. The summed E-state index contributed by atoms with van der Waals surface area (Å²) in [5.74, 6) is -1.24. The zero-order valence-corrected chi connectivity index (χ0v) is 16.3. The maximum Gasteiger partial charge on any atom is 0.318 e. The van der Waals surface area contributed by atoms with E-state index in [9.17, 15) is 23.3 Å². The molecule has 152 valence electrons. The van der Waals surface area contributed by atoms with Gasteiger partial charge in [0.1, 0.15) is 6.54 Å². The molecule has 1 aliphatic rings. The lowest BCUT2D eigenvalue weighted by Crippen LogP contribution is -2.49. The Balaban J connectivity index is 0.00000364. The molecule has 27 heavy (non-hydrogen) atoms. The Bertz CT molecular complexity index is 774. The maximum absolute atomic E-state index is 11.7. The van der Waals surface area contributed by atoms with Crippen molar-refractivity contribution in [1.29, 1.82) is 0 Å². The lowest BCUT2D eigenvalue weighted by Gasteiger charge is -2.34. The van der Waals surface area contributed by atoms with Gasteiger partial charge in [-0.15, -0.1) is 12.4 Å². The van der Waals surface area contributed by atoms with E-state index in [2.05, 4.69) is 0 Å². The first-order valence-corrected chi connectivity index (χ1v) is 9.74. The minimum absolute atomic E-state index is 0. The van der Waals surface area contributed by atoms with Crippen molar-refractivity contribution in [2.75, 3.05) is 39.0 Å². The summed E-state index contributed by atoms with van der Waals surface area (Å²) in [6.07, 6.45) is 0.483. The summed E-state index contributed by atoms with van der Waals surface area (Å²) < 4.78 is 29.9. The molecule has 1 atom stereocenters. The van der Waals surface area contributed by atoms with Crippen LogP contribution in [-0.2, 0) is 26.1 Å². The van der Waals surface area contributed by atoms with Crippen molar-refractivity contribution in [2.24, 2.45) is 0 Å². The highest BCUT2D eigenvalue weighted by Gasteiger charge is 2.28. The fourth-order valence-electron chi connectivity index (χ4n) is 2.76. The molecule has 1 unspecified atom stereocenters. The minimum Gasteiger partial charge on any atom is -0.480 e. The van der Waals surface area contributed by atoms with Gasteiger partial charge in [0.15, 0.2) is 0 Å². The summed E-state index contributed by atoms with van der Waals surface area (Å²) in [6, 6.07) is 6.31. The number of carboxylic acid groups (broad SMARTS) is 1. The van der Waals surface area contributed by atoms with Gasteiger partial charge in [-0.2, -0.15) is 4.31 Å². The number of nitro benzene ring substituents is 1. The number of sulfonamides is 1. The second kappa shape index (κ2) is 9.95. The first kappa shape index (κ1) is 23.2. The Morgan fingerprint density at radius 2 is 2.19 bits per heavy atom. The fourth-order valence-corrected chi connectivity index (χ4v) is 3.54. The van der Waals surface area contributed by atoms with Crippen molar-refractivity contribution in [3.63, 3.8) is 0 Å². The molecule has 10 nitrogen and oxygen atoms in total. The van der Waals surface area contributed by atoms with Crippen LogP contribution < -0.4 is 0 Å². The molecule has 1 heterocycles. The molecule has 0 aliphatic carbocycles. The molecule has 0 spiro atoms. The van der Waals surface area contributed by atoms with Gasteiger partial charge in [0.25, 0.3) is 5.69 Å². The molecular weight excluding hydrogens is 402 g/mol. The number of ether oxygens (including phenoxy) is 1. The molecule has 1 aliphatic heterocycles. The standard InChI is InChI=1S/C15H21N3O7S.ClH/c1-26(23,24)17(11-15(19)20)10-14-9-16(5-6-25-14)8-12-3-2-4-13(7-12)18(21)22;/h2-4,7,14H,5-6,8-11H2,1H3,(H,19,20);1H. The molecule has 0 radical (unpaired) electrons. The molecule has 1 saturated heterocycles. The predicted molar refractivity (Wildman–Crippen MR) is 99.4 cm³/mol. The van der Waals surface area contributed by atoms with Crippen LogP contribution in [0.5, 0.6) is 0 Å². The van der Waals surface area contributed by atoms with Crippen LogP contribution in [-0.4, -0.2) is 78.8 Å². The van der Waals surface area contributed by atoms with E-state index in [1.54, 1.807) is 12.1 Å². The predicted octanol–water partition coefficient (Wildman–Crippen LogP) is 0.564. The SMILES string of the molecule is CS(=O)(=O)N(CC(=O)O)CC1CN(Cc2cccc([N+](=O)[O-])c2)CCO1.Cl. The highest BCUT2D eigenvalue weighted by Crippen LogP contribution is 2.17. The second-order valence-electron chi connectivity index (χ2n) is 6.10. The molecule has 2 rings (SSSR count). The van der Waals surface area contributed by atoms with E-state index in [-0.39, 0.29) is 24.6 Å². The van der Waals surface area contributed by atoms with Crippen LogP contribution in [0.15, 0.2) is 24.3 Å². The molecule has 0 amide bonds. The van der Waals surface area contributed by atoms with Gasteiger partial charge >= 0.3 is 5.97 Å². The van der Waals surface area contributed by atoms with Crippen LogP contribution in [0.2, 0.25) is 0 Å². The molecule has 1 aromatic rings. The largest absolute Gasteiger partial charge is 0.480 e. The Morgan fingerprint density at radius 3 is 2.78 bits per heavy atom. The summed E-state index contributed by atoms with van der Waals surface area (Å²) in [5.41, 5.74) is 0.780. The van der Waals surface area contributed by atoms with Crippen LogP contribution in [0.4, 0.5) is 5.69 Å². The number of non-ortho nitro benzene ring substituents is 1. The van der Waals surface area contributed by atoms with Gasteiger partial charge < -0.3 is 9.84 Å². The molecule has 12 heteroatoms. The van der Waals surface area contributed by atoms with Gasteiger partial charge in [0.2, 0.25) is 10.0 Å². The third-order valence-electron chi connectivity index (χ3n) is 3.94. The number of nitro groups is 1. The van der Waals surface area contributed by atoms with Crippen molar-refractivity contribution in [3.05, 3.63) is 39.9 Å². The first-order chi connectivity index (χ1) is 12.1. The van der Waals surface area contributed by atoms with Crippen LogP contribution in [0.3, 0.4) is 0 Å². The molecule has 0 bridgehead atoms. The summed E-state index contributed by atoms with van der Waals surface area (Å²) in [5, 5.41) is 19.7. The van der Waals surface area contributed by atoms with Crippen LogP contribution in [0, 0.1) is 10.1 Å². The molecule has 1 aromatic carbocycles. The second-order valence-corrected chi connectivity index (χ2v) is 8.09. The normalized spacial score (nSPS) is 18.1. The van der Waals surface area contributed by atoms with Crippen molar-refractivity contribution >= 4 is 34.1 Å². The highest BCUT2D eigenvalue weighted by molar-refractivity contribution is 7.88. The fraction of sp³-hybridized carbons (Fsp3) is 0.533. The van der Waals surface area contributed by atoms with E-state index >= 15 is 0 Å². The number of carboxylic acids is 1. The van der Waals surface area contributed by atoms with Crippen molar-refractivity contribution in [3.8, 4) is 0 Å². The molecule has 1 fully saturated rings. The number of rotatable bonds is 8. The van der Waals surface area contributed by atoms with E-state index in [0.29, 0.717) is 26.2 Å². The summed E-state index contributed by atoms with van der Waals surface area (Å²) in [4.78, 5) is 23.3. The number of nitrogens with zero attached hydrogens (tertiary/aromatic N) is 3. The average Bonchev–Trinajstić information content (AvgIpc) is 2.53. The average molecular weight is 424 g/mol. The van der Waals surface area contributed by atoms with E-state index < -0.39 is 33.6 Å². The Morgan fingerprint density at radius 1 is 1.48 bits per heavy atom. The van der Waals surface area contributed by atoms with E-state index in [0.717, 1.165) is 16.1 Å². The lowest BCUT2D eigenvalue weighted by molar-refractivity contribution is -0.384. The first-order valence-electron chi connectivity index (χ1n) is 7.89. The topological polar surface area (TPSA) is 130 Å². The van der Waals surface area contributed by atoms with E-state index in [1.807, 2.05) is 4.90 Å². The zero-order valence-electron chi connectivity index (χ0n) is 14.7. The smallest absolute Gasteiger partial charge is 0.318 e. The van der Waals surface area contributed by atoms with Crippen molar-refractivity contribution in [1.82, 2.24) is 9.21 Å². The maximum atomic E-state index is 11.7. The number of morpholine rings is 1. The van der Waals surface area contributed by atoms with Gasteiger partial charge in [-0.05, 0) is 5.56 Å². The van der Waals surface area contributed by atoms with Crippen LogP contribution in [0.25, 0.3) is 0 Å². The highest BCUT2D eigenvalue weighted by atomic mass is 35.5. The Labute approximate surface area is 163 Å². The molecule has 0 aromatic heterocycles. The third-order valence-corrected chi connectivity index (χ3v) is 5.15. The Hall–Kier alpha value is -1.79. The van der Waals surface area contributed by atoms with Crippen molar-refractivity contribution < 1.29 is 28.0 Å². The van der Waals surface area contributed by atoms with Gasteiger partial charge in [0, 0.05) is 38.3 Å². The van der Waals surface area contributed by atoms with Gasteiger partial charge in [0.05, 0.1) is 23.9 Å². The number of aliphatic carboxylic acids is 1. The lowest BCUT2D eigenvalue weighted by atomic mass is 10.1. The monoisotopic (exact) mass is 423 g/mol. The van der Waals surface area contributed by atoms with Gasteiger partial charge in [-0.1, -0.05) is 12.1 Å². The van der Waals surface area contributed by atoms with Gasteiger partial charge in [-0.25, -0.2) is 8.42 Å². The molecular formula is C15H22ClN3O7S. The number of hydrogen-bond donors (Lipinski definition) is 1. The van der Waals surface area contributed by atoms with Crippen molar-refractivity contribution in [2.45, 2.75) is 12.6 Å². The number of hydrogen-bond acceptors (Lipinski definition) is 7. The quantitative estimate of drug-likeness (QED) is 0.474. The number of halogens is 1. The summed E-state index contributed by atoms with van der Waals surface area (Å²) >= 11 is 0. The minimum atomic E-state index is -3.67.